The Morgan fingerprint density at radius 2 is 1.71 bits per heavy atom. The summed E-state index contributed by atoms with van der Waals surface area (Å²) >= 11 is 3.23. The molecule has 3 rings (SSSR count). The Hall–Kier alpha value is -1.79. The monoisotopic (exact) mass is 359 g/mol. The van der Waals surface area contributed by atoms with Crippen LogP contribution in [-0.2, 0) is 18.6 Å². The molecule has 6 heteroatoms. The van der Waals surface area contributed by atoms with Crippen LogP contribution < -0.4 is 0 Å². The zero-order valence-electron chi connectivity index (χ0n) is 13.6. The fourth-order valence-electron chi connectivity index (χ4n) is 2.14. The van der Waals surface area contributed by atoms with E-state index in [1.165, 1.54) is 28.3 Å². The minimum atomic E-state index is -0.178. The smallest absolute Gasteiger partial charge is 0.191 e. The standard InChI is InChI=1S/C18H18FN3S2/c1-13-7-9-15(10-8-13)23-12-17-20-21-18(22(17)2)24-11-14-5-3-4-6-16(14)19/h3-10H,11-12H2,1-2H3. The van der Waals surface area contributed by atoms with Crippen LogP contribution in [0.25, 0.3) is 0 Å². The second kappa shape index (κ2) is 7.85. The zero-order chi connectivity index (χ0) is 16.9. The number of aryl methyl sites for hydroxylation is 1. The molecule has 0 radical (unpaired) electrons. The lowest BCUT2D eigenvalue weighted by molar-refractivity contribution is 0.617. The van der Waals surface area contributed by atoms with E-state index in [2.05, 4.69) is 41.4 Å². The van der Waals surface area contributed by atoms with Gasteiger partial charge in [-0.2, -0.15) is 0 Å². The molecule has 0 aliphatic heterocycles. The number of benzene rings is 2. The Balaban J connectivity index is 1.61. The Kier molecular flexibility index (Phi) is 5.58. The van der Waals surface area contributed by atoms with Gasteiger partial charge in [0, 0.05) is 17.7 Å². The van der Waals surface area contributed by atoms with Crippen molar-refractivity contribution in [1.82, 2.24) is 14.8 Å². The third-order valence-electron chi connectivity index (χ3n) is 3.63. The molecule has 3 aromatic rings. The minimum Gasteiger partial charge on any atom is -0.308 e. The van der Waals surface area contributed by atoms with Gasteiger partial charge in [0.25, 0.3) is 0 Å². The van der Waals surface area contributed by atoms with E-state index in [1.807, 2.05) is 17.7 Å². The highest BCUT2D eigenvalue weighted by atomic mass is 32.2. The van der Waals surface area contributed by atoms with Crippen molar-refractivity contribution in [2.75, 3.05) is 0 Å². The fourth-order valence-corrected chi connectivity index (χ4v) is 3.93. The number of hydrogen-bond acceptors (Lipinski definition) is 4. The van der Waals surface area contributed by atoms with Gasteiger partial charge in [0.15, 0.2) is 5.16 Å². The number of thioether (sulfide) groups is 2. The molecule has 124 valence electrons. The maximum Gasteiger partial charge on any atom is 0.191 e. The van der Waals surface area contributed by atoms with E-state index >= 15 is 0 Å². The van der Waals surface area contributed by atoms with Crippen molar-refractivity contribution in [1.29, 1.82) is 0 Å². The summed E-state index contributed by atoms with van der Waals surface area (Å²) in [4.78, 5) is 1.21. The van der Waals surface area contributed by atoms with Gasteiger partial charge in [-0.15, -0.1) is 22.0 Å². The highest BCUT2D eigenvalue weighted by Gasteiger charge is 2.11. The first-order valence-electron chi connectivity index (χ1n) is 7.57. The molecule has 3 nitrogen and oxygen atoms in total. The van der Waals surface area contributed by atoms with Crippen LogP contribution in [0.3, 0.4) is 0 Å². The Morgan fingerprint density at radius 1 is 0.958 bits per heavy atom. The lowest BCUT2D eigenvalue weighted by Gasteiger charge is -2.05. The van der Waals surface area contributed by atoms with Gasteiger partial charge in [0.1, 0.15) is 11.6 Å². The number of aromatic nitrogens is 3. The van der Waals surface area contributed by atoms with Gasteiger partial charge in [-0.1, -0.05) is 47.7 Å². The van der Waals surface area contributed by atoms with E-state index in [0.717, 1.165) is 16.7 Å². The van der Waals surface area contributed by atoms with Crippen LogP contribution in [0.1, 0.15) is 17.0 Å². The molecule has 0 saturated carbocycles. The van der Waals surface area contributed by atoms with Crippen LogP contribution in [0.15, 0.2) is 58.6 Å². The summed E-state index contributed by atoms with van der Waals surface area (Å²) in [7, 11) is 1.95. The van der Waals surface area contributed by atoms with Crippen molar-refractivity contribution in [3.05, 3.63) is 71.3 Å². The molecule has 0 N–H and O–H groups in total. The number of nitrogens with zero attached hydrogens (tertiary/aromatic N) is 3. The summed E-state index contributed by atoms with van der Waals surface area (Å²) in [6, 6.07) is 15.3. The molecule has 1 aromatic heterocycles. The van der Waals surface area contributed by atoms with E-state index in [4.69, 9.17) is 0 Å². The number of hydrogen-bond donors (Lipinski definition) is 0. The summed E-state index contributed by atoms with van der Waals surface area (Å²) in [6.07, 6.45) is 0. The number of halogens is 1. The Bertz CT molecular complexity index is 815. The average molecular weight is 359 g/mol. The summed E-state index contributed by atoms with van der Waals surface area (Å²) in [5, 5.41) is 9.29. The predicted molar refractivity (Wildman–Crippen MR) is 97.7 cm³/mol. The third kappa shape index (κ3) is 4.19. The van der Waals surface area contributed by atoms with Gasteiger partial charge in [-0.25, -0.2) is 4.39 Å². The van der Waals surface area contributed by atoms with Gasteiger partial charge >= 0.3 is 0 Å². The van der Waals surface area contributed by atoms with E-state index in [0.29, 0.717) is 11.3 Å². The molecule has 0 aliphatic carbocycles. The van der Waals surface area contributed by atoms with Gasteiger partial charge in [0.2, 0.25) is 0 Å². The van der Waals surface area contributed by atoms with Gasteiger partial charge in [0.05, 0.1) is 5.75 Å². The molecule has 0 atom stereocenters. The number of rotatable bonds is 6. The van der Waals surface area contributed by atoms with E-state index in [-0.39, 0.29) is 5.82 Å². The van der Waals surface area contributed by atoms with Gasteiger partial charge in [-0.3, -0.25) is 0 Å². The van der Waals surface area contributed by atoms with Crippen molar-refractivity contribution < 1.29 is 4.39 Å². The Labute approximate surface area is 149 Å². The van der Waals surface area contributed by atoms with Crippen LogP contribution in [0.2, 0.25) is 0 Å². The Morgan fingerprint density at radius 3 is 2.46 bits per heavy atom. The van der Waals surface area contributed by atoms with Gasteiger partial charge in [-0.05, 0) is 30.7 Å². The molecule has 0 unspecified atom stereocenters. The van der Waals surface area contributed by atoms with Crippen LogP contribution in [0, 0.1) is 12.7 Å². The average Bonchev–Trinajstić information content (AvgIpc) is 2.94. The first kappa shape index (κ1) is 17.0. The van der Waals surface area contributed by atoms with Crippen molar-refractivity contribution in [2.24, 2.45) is 7.05 Å². The van der Waals surface area contributed by atoms with Gasteiger partial charge < -0.3 is 4.57 Å². The lowest BCUT2D eigenvalue weighted by Crippen LogP contribution is -1.98. The van der Waals surface area contributed by atoms with E-state index < -0.39 is 0 Å². The lowest BCUT2D eigenvalue weighted by atomic mass is 10.2. The quantitative estimate of drug-likeness (QED) is 0.589. The molecule has 0 bridgehead atoms. The molecular weight excluding hydrogens is 341 g/mol. The van der Waals surface area contributed by atoms with Crippen LogP contribution in [0.5, 0.6) is 0 Å². The molecule has 0 amide bonds. The maximum absolute atomic E-state index is 13.7. The van der Waals surface area contributed by atoms with Crippen molar-refractivity contribution in [2.45, 2.75) is 28.5 Å². The highest BCUT2D eigenvalue weighted by molar-refractivity contribution is 7.98. The molecule has 2 aromatic carbocycles. The molecular formula is C18H18FN3S2. The van der Waals surface area contributed by atoms with Crippen LogP contribution in [-0.4, -0.2) is 14.8 Å². The highest BCUT2D eigenvalue weighted by Crippen LogP contribution is 2.26. The summed E-state index contributed by atoms with van der Waals surface area (Å²) in [5.74, 6) is 2.04. The third-order valence-corrected chi connectivity index (χ3v) is 5.71. The topological polar surface area (TPSA) is 30.7 Å². The SMILES string of the molecule is Cc1ccc(SCc2nnc(SCc3ccccc3F)n2C)cc1. The summed E-state index contributed by atoms with van der Waals surface area (Å²) in [5.41, 5.74) is 1.94. The molecule has 0 spiro atoms. The van der Waals surface area contributed by atoms with Crippen LogP contribution >= 0.6 is 23.5 Å². The summed E-state index contributed by atoms with van der Waals surface area (Å²) < 4.78 is 15.7. The minimum absolute atomic E-state index is 0.178. The summed E-state index contributed by atoms with van der Waals surface area (Å²) in [6.45, 7) is 2.08. The van der Waals surface area contributed by atoms with E-state index in [9.17, 15) is 4.39 Å². The van der Waals surface area contributed by atoms with E-state index in [1.54, 1.807) is 23.9 Å². The fraction of sp³-hybridized carbons (Fsp3) is 0.222. The first-order valence-corrected chi connectivity index (χ1v) is 9.54. The first-order chi connectivity index (χ1) is 11.6. The molecule has 0 fully saturated rings. The molecule has 0 saturated heterocycles. The maximum atomic E-state index is 13.7. The van der Waals surface area contributed by atoms with Crippen molar-refractivity contribution in [3.8, 4) is 0 Å². The second-order valence-electron chi connectivity index (χ2n) is 5.44. The molecule has 1 heterocycles. The largest absolute Gasteiger partial charge is 0.308 e. The molecule has 0 aliphatic rings. The normalized spacial score (nSPS) is 11.0. The molecule has 24 heavy (non-hydrogen) atoms. The van der Waals surface area contributed by atoms with Crippen molar-refractivity contribution >= 4 is 23.5 Å². The van der Waals surface area contributed by atoms with Crippen LogP contribution in [0.4, 0.5) is 4.39 Å². The second-order valence-corrected chi connectivity index (χ2v) is 7.43. The predicted octanol–water partition coefficient (Wildman–Crippen LogP) is 4.85. The zero-order valence-corrected chi connectivity index (χ0v) is 15.2. The van der Waals surface area contributed by atoms with Crippen molar-refractivity contribution in [3.63, 3.8) is 0 Å².